The Morgan fingerprint density at radius 3 is 2.52 bits per heavy atom. The number of hydrogen-bond donors (Lipinski definition) is 2. The summed E-state index contributed by atoms with van der Waals surface area (Å²) in [6.07, 6.45) is 0.393. The summed E-state index contributed by atoms with van der Waals surface area (Å²) in [6.45, 7) is 7.52. The summed E-state index contributed by atoms with van der Waals surface area (Å²) in [5.74, 6) is -0.625. The van der Waals surface area contributed by atoms with Crippen LogP contribution in [-0.4, -0.2) is 29.6 Å². The number of aliphatic carboxylic acids is 1. The molecule has 0 unspecified atom stereocenters. The average Bonchev–Trinajstić information content (AvgIpc) is 2.39. The smallest absolute Gasteiger partial charge is 0.326 e. The number of benzene rings is 1. The number of aryl methyl sites for hydroxylation is 1. The van der Waals surface area contributed by atoms with Gasteiger partial charge in [-0.05, 0) is 43.4 Å². The normalized spacial score (nSPS) is 12.0. The molecule has 0 bridgehead atoms. The topological polar surface area (TPSA) is 75.6 Å². The van der Waals surface area contributed by atoms with Crippen LogP contribution >= 0.6 is 0 Å². The maximum absolute atomic E-state index is 11.8. The Morgan fingerprint density at radius 2 is 1.95 bits per heavy atom. The molecule has 0 saturated heterocycles. The molecule has 0 heterocycles. The van der Waals surface area contributed by atoms with Gasteiger partial charge in [0.1, 0.15) is 11.8 Å². The molecule has 1 atom stereocenters. The van der Waals surface area contributed by atoms with E-state index in [4.69, 9.17) is 9.84 Å². The average molecular weight is 293 g/mol. The molecule has 1 aromatic carbocycles. The van der Waals surface area contributed by atoms with Crippen LogP contribution in [-0.2, 0) is 9.59 Å². The van der Waals surface area contributed by atoms with Crippen LogP contribution in [0.4, 0.5) is 0 Å². The first-order valence-corrected chi connectivity index (χ1v) is 7.02. The fourth-order valence-corrected chi connectivity index (χ4v) is 1.95. The predicted molar refractivity (Wildman–Crippen MR) is 80.4 cm³/mol. The molecule has 5 heteroatoms. The maximum atomic E-state index is 11.8. The highest BCUT2D eigenvalue weighted by molar-refractivity contribution is 5.84. The number of carbonyl (C=O) groups is 2. The van der Waals surface area contributed by atoms with Crippen molar-refractivity contribution in [3.8, 4) is 5.75 Å². The first kappa shape index (κ1) is 17.0. The highest BCUT2D eigenvalue weighted by atomic mass is 16.5. The number of carboxylic acid groups (broad SMARTS) is 1. The van der Waals surface area contributed by atoms with E-state index < -0.39 is 17.9 Å². The fourth-order valence-electron chi connectivity index (χ4n) is 1.95. The van der Waals surface area contributed by atoms with E-state index in [0.717, 1.165) is 11.1 Å². The summed E-state index contributed by atoms with van der Waals surface area (Å²) in [5, 5.41) is 11.6. The lowest BCUT2D eigenvalue weighted by atomic mass is 10.0. The molecule has 0 aliphatic carbocycles. The molecule has 2 N–H and O–H groups in total. The van der Waals surface area contributed by atoms with Crippen molar-refractivity contribution in [1.29, 1.82) is 0 Å². The third-order valence-corrected chi connectivity index (χ3v) is 3.25. The summed E-state index contributed by atoms with van der Waals surface area (Å²) >= 11 is 0. The molecular formula is C16H23NO4. The van der Waals surface area contributed by atoms with E-state index in [1.807, 2.05) is 39.8 Å². The molecule has 0 aliphatic heterocycles. The van der Waals surface area contributed by atoms with Crippen molar-refractivity contribution in [2.24, 2.45) is 5.92 Å². The Morgan fingerprint density at radius 1 is 1.29 bits per heavy atom. The van der Waals surface area contributed by atoms with Crippen molar-refractivity contribution in [3.63, 3.8) is 0 Å². The molecule has 1 amide bonds. The Labute approximate surface area is 125 Å². The standard InChI is InChI=1S/C16H23NO4/c1-10(2)8-13(16(19)20)17-15(18)9-21-14-7-5-6-11(3)12(14)4/h5-7,10,13H,8-9H2,1-4H3,(H,17,18)(H,19,20)/t13-/m1/s1. The monoisotopic (exact) mass is 293 g/mol. The molecule has 1 rings (SSSR count). The van der Waals surface area contributed by atoms with Crippen LogP contribution in [0.3, 0.4) is 0 Å². The minimum atomic E-state index is -1.02. The minimum absolute atomic E-state index is 0.186. The second kappa shape index (κ2) is 7.67. The summed E-state index contributed by atoms with van der Waals surface area (Å²) in [5.41, 5.74) is 2.05. The Hall–Kier alpha value is -2.04. The summed E-state index contributed by atoms with van der Waals surface area (Å²) in [6, 6.07) is 4.73. The quantitative estimate of drug-likeness (QED) is 0.809. The van der Waals surface area contributed by atoms with E-state index in [-0.39, 0.29) is 12.5 Å². The third kappa shape index (κ3) is 5.45. The zero-order valence-electron chi connectivity index (χ0n) is 13.0. The van der Waals surface area contributed by atoms with E-state index >= 15 is 0 Å². The van der Waals surface area contributed by atoms with Crippen molar-refractivity contribution >= 4 is 11.9 Å². The highest BCUT2D eigenvalue weighted by Gasteiger charge is 2.21. The van der Waals surface area contributed by atoms with Crippen LogP contribution in [0.2, 0.25) is 0 Å². The van der Waals surface area contributed by atoms with Crippen LogP contribution in [0.1, 0.15) is 31.4 Å². The molecule has 0 spiro atoms. The van der Waals surface area contributed by atoms with Crippen molar-refractivity contribution < 1.29 is 19.4 Å². The van der Waals surface area contributed by atoms with Crippen LogP contribution in [0, 0.1) is 19.8 Å². The van der Waals surface area contributed by atoms with Crippen molar-refractivity contribution in [1.82, 2.24) is 5.32 Å². The van der Waals surface area contributed by atoms with Gasteiger partial charge in [0.15, 0.2) is 6.61 Å². The van der Waals surface area contributed by atoms with E-state index in [2.05, 4.69) is 5.32 Å². The maximum Gasteiger partial charge on any atom is 0.326 e. The van der Waals surface area contributed by atoms with E-state index in [9.17, 15) is 9.59 Å². The lowest BCUT2D eigenvalue weighted by molar-refractivity contribution is -0.142. The number of hydrogen-bond acceptors (Lipinski definition) is 3. The first-order valence-electron chi connectivity index (χ1n) is 7.02. The fraction of sp³-hybridized carbons (Fsp3) is 0.500. The summed E-state index contributed by atoms with van der Waals surface area (Å²) in [4.78, 5) is 22.9. The van der Waals surface area contributed by atoms with Crippen LogP contribution < -0.4 is 10.1 Å². The Balaban J connectivity index is 2.57. The zero-order chi connectivity index (χ0) is 16.0. The van der Waals surface area contributed by atoms with Gasteiger partial charge in [0, 0.05) is 0 Å². The summed E-state index contributed by atoms with van der Waals surface area (Å²) < 4.78 is 5.46. The van der Waals surface area contributed by atoms with Gasteiger partial charge in [-0.25, -0.2) is 4.79 Å². The van der Waals surface area contributed by atoms with Crippen LogP contribution in [0.5, 0.6) is 5.75 Å². The number of ether oxygens (including phenoxy) is 1. The number of rotatable bonds is 7. The van der Waals surface area contributed by atoms with Gasteiger partial charge < -0.3 is 15.2 Å². The predicted octanol–water partition coefficient (Wildman–Crippen LogP) is 2.30. The van der Waals surface area contributed by atoms with Gasteiger partial charge in [0.25, 0.3) is 5.91 Å². The van der Waals surface area contributed by atoms with Gasteiger partial charge in [-0.2, -0.15) is 0 Å². The number of carbonyl (C=O) groups excluding carboxylic acids is 1. The van der Waals surface area contributed by atoms with E-state index in [0.29, 0.717) is 12.2 Å². The van der Waals surface area contributed by atoms with Gasteiger partial charge >= 0.3 is 5.97 Å². The third-order valence-electron chi connectivity index (χ3n) is 3.25. The molecule has 0 saturated carbocycles. The molecular weight excluding hydrogens is 270 g/mol. The Kier molecular flexibility index (Phi) is 6.21. The van der Waals surface area contributed by atoms with Crippen molar-refractivity contribution in [3.05, 3.63) is 29.3 Å². The largest absolute Gasteiger partial charge is 0.483 e. The lowest BCUT2D eigenvalue weighted by Gasteiger charge is -2.17. The van der Waals surface area contributed by atoms with Crippen LogP contribution in [0.25, 0.3) is 0 Å². The molecule has 21 heavy (non-hydrogen) atoms. The van der Waals surface area contributed by atoms with E-state index in [1.165, 1.54) is 0 Å². The lowest BCUT2D eigenvalue weighted by Crippen LogP contribution is -2.43. The zero-order valence-corrected chi connectivity index (χ0v) is 13.0. The molecule has 0 fully saturated rings. The van der Waals surface area contributed by atoms with Crippen molar-refractivity contribution in [2.45, 2.75) is 40.2 Å². The second-order valence-electron chi connectivity index (χ2n) is 5.57. The van der Waals surface area contributed by atoms with Gasteiger partial charge in [0.05, 0.1) is 0 Å². The minimum Gasteiger partial charge on any atom is -0.483 e. The molecule has 1 aromatic rings. The number of carboxylic acids is 1. The van der Waals surface area contributed by atoms with Gasteiger partial charge in [0.2, 0.25) is 0 Å². The van der Waals surface area contributed by atoms with Gasteiger partial charge in [-0.3, -0.25) is 4.79 Å². The molecule has 0 aliphatic rings. The van der Waals surface area contributed by atoms with E-state index in [1.54, 1.807) is 6.07 Å². The Bertz CT molecular complexity index is 511. The van der Waals surface area contributed by atoms with Gasteiger partial charge in [-0.15, -0.1) is 0 Å². The second-order valence-corrected chi connectivity index (χ2v) is 5.57. The van der Waals surface area contributed by atoms with Gasteiger partial charge in [-0.1, -0.05) is 26.0 Å². The molecule has 116 valence electrons. The number of nitrogens with one attached hydrogen (secondary N) is 1. The molecule has 5 nitrogen and oxygen atoms in total. The van der Waals surface area contributed by atoms with Crippen molar-refractivity contribution in [2.75, 3.05) is 6.61 Å². The summed E-state index contributed by atoms with van der Waals surface area (Å²) in [7, 11) is 0. The highest BCUT2D eigenvalue weighted by Crippen LogP contribution is 2.20. The SMILES string of the molecule is Cc1cccc(OCC(=O)N[C@H](CC(C)C)C(=O)O)c1C. The molecule has 0 radical (unpaired) electrons. The number of amides is 1. The van der Waals surface area contributed by atoms with Crippen LogP contribution in [0.15, 0.2) is 18.2 Å². The molecule has 0 aromatic heterocycles. The first-order chi connectivity index (χ1) is 9.81.